The molecular weight excluding hydrogens is 251 g/mol. The fourth-order valence-corrected chi connectivity index (χ4v) is 2.12. The largest absolute Gasteiger partial charge is 0.478 e. The van der Waals surface area contributed by atoms with E-state index >= 15 is 0 Å². The number of carbonyl (C=O) groups excluding carboxylic acids is 1. The summed E-state index contributed by atoms with van der Waals surface area (Å²) < 4.78 is 13.6. The highest BCUT2D eigenvalue weighted by Crippen LogP contribution is 2.21. The molecule has 1 fully saturated rings. The number of amides is 1. The molecule has 0 aliphatic carbocycles. The molecule has 0 aromatic heterocycles. The van der Waals surface area contributed by atoms with Gasteiger partial charge in [-0.15, -0.1) is 0 Å². The molecule has 1 aromatic rings. The van der Waals surface area contributed by atoms with E-state index in [2.05, 4.69) is 10.6 Å². The van der Waals surface area contributed by atoms with Crippen LogP contribution >= 0.6 is 0 Å². The Labute approximate surface area is 109 Å². The third kappa shape index (κ3) is 3.08. The number of piperidine rings is 1. The van der Waals surface area contributed by atoms with Crippen molar-refractivity contribution in [1.29, 1.82) is 0 Å². The molecule has 1 amide bonds. The zero-order valence-electron chi connectivity index (χ0n) is 10.3. The lowest BCUT2D eigenvalue weighted by Gasteiger charge is -2.23. The topological polar surface area (TPSA) is 78.4 Å². The average molecular weight is 266 g/mol. The van der Waals surface area contributed by atoms with Crippen molar-refractivity contribution in [3.63, 3.8) is 0 Å². The van der Waals surface area contributed by atoms with Gasteiger partial charge in [-0.2, -0.15) is 0 Å². The number of nitrogens with one attached hydrogen (secondary N) is 2. The lowest BCUT2D eigenvalue weighted by molar-refractivity contribution is -0.118. The molecular formula is C13H15FN2O3. The molecule has 1 unspecified atom stereocenters. The number of carboxylic acids is 1. The zero-order chi connectivity index (χ0) is 13.8. The van der Waals surface area contributed by atoms with E-state index in [9.17, 15) is 14.0 Å². The van der Waals surface area contributed by atoms with Crippen LogP contribution in [0.25, 0.3) is 0 Å². The van der Waals surface area contributed by atoms with Crippen molar-refractivity contribution in [2.24, 2.45) is 0 Å². The maximum Gasteiger partial charge on any atom is 0.337 e. The number of hydrogen-bond donors (Lipinski definition) is 3. The van der Waals surface area contributed by atoms with Crippen LogP contribution in [-0.2, 0) is 4.79 Å². The minimum absolute atomic E-state index is 0.246. The lowest BCUT2D eigenvalue weighted by Crippen LogP contribution is -2.43. The van der Waals surface area contributed by atoms with Gasteiger partial charge in [-0.05, 0) is 31.5 Å². The molecule has 1 aliphatic rings. The van der Waals surface area contributed by atoms with Gasteiger partial charge in [0, 0.05) is 0 Å². The minimum Gasteiger partial charge on any atom is -0.478 e. The first kappa shape index (κ1) is 13.5. The van der Waals surface area contributed by atoms with Crippen LogP contribution in [0.1, 0.15) is 29.6 Å². The second-order valence-corrected chi connectivity index (χ2v) is 4.46. The summed E-state index contributed by atoms with van der Waals surface area (Å²) in [5.74, 6) is -2.41. The number of hydrogen-bond acceptors (Lipinski definition) is 3. The summed E-state index contributed by atoms with van der Waals surface area (Å²) in [5.41, 5.74) is -0.517. The van der Waals surface area contributed by atoms with Crippen molar-refractivity contribution in [3.05, 3.63) is 29.6 Å². The van der Waals surface area contributed by atoms with Gasteiger partial charge in [0.2, 0.25) is 5.91 Å². The molecule has 5 nitrogen and oxygen atoms in total. The smallest absolute Gasteiger partial charge is 0.337 e. The first-order chi connectivity index (χ1) is 9.09. The van der Waals surface area contributed by atoms with E-state index in [-0.39, 0.29) is 11.3 Å². The fraction of sp³-hybridized carbons (Fsp3) is 0.385. The van der Waals surface area contributed by atoms with Crippen molar-refractivity contribution < 1.29 is 19.1 Å². The Morgan fingerprint density at radius 1 is 1.37 bits per heavy atom. The lowest BCUT2D eigenvalue weighted by atomic mass is 10.0. The highest BCUT2D eigenvalue weighted by Gasteiger charge is 2.23. The summed E-state index contributed by atoms with van der Waals surface area (Å²) in [6.07, 6.45) is 2.60. The van der Waals surface area contributed by atoms with Crippen LogP contribution in [0.15, 0.2) is 18.2 Å². The molecule has 6 heteroatoms. The van der Waals surface area contributed by atoms with E-state index in [1.54, 1.807) is 0 Å². The van der Waals surface area contributed by atoms with Gasteiger partial charge in [-0.25, -0.2) is 9.18 Å². The van der Waals surface area contributed by atoms with Crippen molar-refractivity contribution in [2.75, 3.05) is 11.9 Å². The molecule has 2 rings (SSSR count). The summed E-state index contributed by atoms with van der Waals surface area (Å²) in [5, 5.41) is 14.4. The fourth-order valence-electron chi connectivity index (χ4n) is 2.12. The maximum absolute atomic E-state index is 13.6. The van der Waals surface area contributed by atoms with E-state index in [1.165, 1.54) is 12.1 Å². The first-order valence-corrected chi connectivity index (χ1v) is 6.15. The van der Waals surface area contributed by atoms with Crippen LogP contribution in [0, 0.1) is 5.82 Å². The molecule has 0 radical (unpaired) electrons. The number of carboxylic acid groups (broad SMARTS) is 1. The third-order valence-corrected chi connectivity index (χ3v) is 3.12. The van der Waals surface area contributed by atoms with Crippen LogP contribution < -0.4 is 10.6 Å². The summed E-state index contributed by atoms with van der Waals surface area (Å²) in [4.78, 5) is 23.0. The molecule has 0 spiro atoms. The first-order valence-electron chi connectivity index (χ1n) is 6.15. The number of rotatable bonds is 3. The SMILES string of the molecule is O=C(O)c1cccc(F)c1NC(=O)C1CCCCN1. The molecule has 1 aromatic carbocycles. The van der Waals surface area contributed by atoms with Crippen molar-refractivity contribution in [2.45, 2.75) is 25.3 Å². The van der Waals surface area contributed by atoms with Crippen molar-refractivity contribution >= 4 is 17.6 Å². The summed E-state index contributed by atoms with van der Waals surface area (Å²) >= 11 is 0. The molecule has 19 heavy (non-hydrogen) atoms. The Bertz CT molecular complexity index is 499. The molecule has 1 atom stereocenters. The van der Waals surface area contributed by atoms with Gasteiger partial charge in [0.25, 0.3) is 0 Å². The second kappa shape index (κ2) is 5.79. The molecule has 102 valence electrons. The van der Waals surface area contributed by atoms with Crippen molar-refractivity contribution in [3.8, 4) is 0 Å². The van der Waals surface area contributed by atoms with E-state index < -0.39 is 23.7 Å². The normalized spacial score (nSPS) is 18.9. The van der Waals surface area contributed by atoms with Crippen LogP contribution in [0.2, 0.25) is 0 Å². The summed E-state index contributed by atoms with van der Waals surface area (Å²) in [6, 6.07) is 3.29. The summed E-state index contributed by atoms with van der Waals surface area (Å²) in [6.45, 7) is 0.737. The number of carbonyl (C=O) groups is 2. The van der Waals surface area contributed by atoms with Crippen LogP contribution in [0.5, 0.6) is 0 Å². The third-order valence-electron chi connectivity index (χ3n) is 3.12. The molecule has 1 aliphatic heterocycles. The highest BCUT2D eigenvalue weighted by atomic mass is 19.1. The van der Waals surface area contributed by atoms with Gasteiger partial charge < -0.3 is 15.7 Å². The number of aromatic carboxylic acids is 1. The molecule has 3 N–H and O–H groups in total. The quantitative estimate of drug-likeness (QED) is 0.776. The number of anilines is 1. The monoisotopic (exact) mass is 266 g/mol. The summed E-state index contributed by atoms with van der Waals surface area (Å²) in [7, 11) is 0. The second-order valence-electron chi connectivity index (χ2n) is 4.46. The van der Waals surface area contributed by atoms with E-state index in [4.69, 9.17) is 5.11 Å². The van der Waals surface area contributed by atoms with Gasteiger partial charge in [-0.3, -0.25) is 4.79 Å². The average Bonchev–Trinajstić information content (AvgIpc) is 2.41. The number of halogens is 1. The van der Waals surface area contributed by atoms with Gasteiger partial charge in [0.05, 0.1) is 17.3 Å². The zero-order valence-corrected chi connectivity index (χ0v) is 10.3. The minimum atomic E-state index is -1.27. The molecule has 0 bridgehead atoms. The standard InChI is InChI=1S/C13H15FN2O3/c14-9-5-3-4-8(13(18)19)11(9)16-12(17)10-6-1-2-7-15-10/h3-5,10,15H,1-2,6-7H2,(H,16,17)(H,18,19). The molecule has 0 saturated carbocycles. The number of para-hydroxylation sites is 1. The van der Waals surface area contributed by atoms with Gasteiger partial charge in [0.1, 0.15) is 5.82 Å². The Hall–Kier alpha value is -1.95. The predicted molar refractivity (Wildman–Crippen MR) is 67.6 cm³/mol. The van der Waals surface area contributed by atoms with Crippen LogP contribution in [0.4, 0.5) is 10.1 Å². The van der Waals surface area contributed by atoms with E-state index in [0.29, 0.717) is 6.42 Å². The Kier molecular flexibility index (Phi) is 4.11. The van der Waals surface area contributed by atoms with Gasteiger partial charge in [-0.1, -0.05) is 12.5 Å². The highest BCUT2D eigenvalue weighted by molar-refractivity contribution is 6.02. The van der Waals surface area contributed by atoms with Crippen LogP contribution in [0.3, 0.4) is 0 Å². The van der Waals surface area contributed by atoms with E-state index in [0.717, 1.165) is 25.5 Å². The van der Waals surface area contributed by atoms with Crippen LogP contribution in [-0.4, -0.2) is 29.6 Å². The Morgan fingerprint density at radius 3 is 2.79 bits per heavy atom. The molecule has 1 heterocycles. The molecule has 1 saturated heterocycles. The Morgan fingerprint density at radius 2 is 2.16 bits per heavy atom. The Balaban J connectivity index is 2.18. The predicted octanol–water partition coefficient (Wildman–Crippen LogP) is 1.60. The van der Waals surface area contributed by atoms with Crippen molar-refractivity contribution in [1.82, 2.24) is 5.32 Å². The number of benzene rings is 1. The maximum atomic E-state index is 13.6. The van der Waals surface area contributed by atoms with E-state index in [1.807, 2.05) is 0 Å². The van der Waals surface area contributed by atoms with Gasteiger partial charge in [0.15, 0.2) is 0 Å². The van der Waals surface area contributed by atoms with Gasteiger partial charge >= 0.3 is 5.97 Å².